The van der Waals surface area contributed by atoms with Crippen molar-refractivity contribution in [3.8, 4) is 44.5 Å². The van der Waals surface area contributed by atoms with Crippen molar-refractivity contribution in [1.29, 1.82) is 0 Å². The van der Waals surface area contributed by atoms with Gasteiger partial charge in [-0.1, -0.05) is 161 Å². The Hall–Kier alpha value is -6.24. The Morgan fingerprint density at radius 1 is 0.278 bits per heavy atom. The van der Waals surface area contributed by atoms with Gasteiger partial charge in [0.1, 0.15) is 0 Å². The third-order valence-electron chi connectivity index (χ3n) is 11.7. The molecular weight excluding hydrogens is 649 g/mol. The van der Waals surface area contributed by atoms with Crippen LogP contribution in [0, 0.1) is 0 Å². The molecule has 0 amide bonds. The summed E-state index contributed by atoms with van der Waals surface area (Å²) in [5, 5.41) is 13.2. The fourth-order valence-corrected chi connectivity index (χ4v) is 9.09. The van der Waals surface area contributed by atoms with Crippen molar-refractivity contribution >= 4 is 53.9 Å². The Labute approximate surface area is 317 Å². The highest BCUT2D eigenvalue weighted by molar-refractivity contribution is 6.29. The Bertz CT molecular complexity index is 2810. The number of benzene rings is 10. The zero-order chi connectivity index (χ0) is 36.5. The lowest BCUT2D eigenvalue weighted by Gasteiger charge is -2.24. The number of rotatable bonds is 6. The van der Waals surface area contributed by atoms with Crippen LogP contribution in [0.1, 0.15) is 50.7 Å². The summed E-state index contributed by atoms with van der Waals surface area (Å²) >= 11 is 0. The van der Waals surface area contributed by atoms with Crippen molar-refractivity contribution in [2.24, 2.45) is 0 Å². The molecule has 0 fully saturated rings. The van der Waals surface area contributed by atoms with Gasteiger partial charge in [-0.25, -0.2) is 0 Å². The van der Waals surface area contributed by atoms with E-state index in [0.717, 1.165) is 0 Å². The average Bonchev–Trinajstić information content (AvgIpc) is 3.22. The maximum absolute atomic E-state index is 2.50. The molecule has 0 bridgehead atoms. The highest BCUT2D eigenvalue weighted by Crippen LogP contribution is 2.50. The third kappa shape index (κ3) is 5.12. The SMILES string of the molecule is CC(C)c1cc(-c2cc3ccccc3cc2-c2ccccc2)c2ccc3c(C(C)C)cc(-c4cc5ccccc5cc4-c4ccccc4)c4ccc1c2c43. The number of fused-ring (bicyclic) bond motifs is 2. The molecule has 10 aromatic carbocycles. The van der Waals surface area contributed by atoms with Crippen LogP contribution in [0.15, 0.2) is 170 Å². The van der Waals surface area contributed by atoms with E-state index in [9.17, 15) is 0 Å². The molecule has 54 heavy (non-hydrogen) atoms. The van der Waals surface area contributed by atoms with E-state index in [2.05, 4.69) is 198 Å². The van der Waals surface area contributed by atoms with Gasteiger partial charge in [-0.05, 0) is 158 Å². The Morgan fingerprint density at radius 3 is 0.944 bits per heavy atom. The number of hydrogen-bond donors (Lipinski definition) is 0. The maximum atomic E-state index is 2.50. The average molecular weight is 691 g/mol. The van der Waals surface area contributed by atoms with Crippen LogP contribution in [0.4, 0.5) is 0 Å². The van der Waals surface area contributed by atoms with E-state index in [4.69, 9.17) is 0 Å². The van der Waals surface area contributed by atoms with Crippen LogP contribution in [0.3, 0.4) is 0 Å². The summed E-state index contributed by atoms with van der Waals surface area (Å²) in [5.74, 6) is 0.700. The summed E-state index contributed by atoms with van der Waals surface area (Å²) in [4.78, 5) is 0. The summed E-state index contributed by atoms with van der Waals surface area (Å²) in [6.45, 7) is 9.39. The van der Waals surface area contributed by atoms with E-state index in [1.807, 2.05) is 0 Å². The third-order valence-corrected chi connectivity index (χ3v) is 11.7. The highest BCUT2D eigenvalue weighted by Gasteiger charge is 2.24. The first-order valence-corrected chi connectivity index (χ1v) is 19.4. The molecule has 0 unspecified atom stereocenters. The molecule has 0 aliphatic heterocycles. The van der Waals surface area contributed by atoms with Crippen LogP contribution in [0.2, 0.25) is 0 Å². The van der Waals surface area contributed by atoms with Crippen molar-refractivity contribution in [2.45, 2.75) is 39.5 Å². The molecule has 0 saturated carbocycles. The van der Waals surface area contributed by atoms with E-state index < -0.39 is 0 Å². The van der Waals surface area contributed by atoms with Gasteiger partial charge >= 0.3 is 0 Å². The molecule has 0 N–H and O–H groups in total. The lowest BCUT2D eigenvalue weighted by molar-refractivity contribution is 0.876. The van der Waals surface area contributed by atoms with E-state index in [-0.39, 0.29) is 0 Å². The molecule has 0 radical (unpaired) electrons. The molecule has 0 atom stereocenters. The van der Waals surface area contributed by atoms with Crippen molar-refractivity contribution in [3.63, 3.8) is 0 Å². The van der Waals surface area contributed by atoms with Gasteiger partial charge in [-0.2, -0.15) is 0 Å². The quantitative estimate of drug-likeness (QED) is 0.152. The molecule has 0 saturated heterocycles. The molecule has 0 aliphatic rings. The van der Waals surface area contributed by atoms with E-state index in [1.165, 1.54) is 109 Å². The molecule has 0 aliphatic carbocycles. The van der Waals surface area contributed by atoms with Gasteiger partial charge in [0, 0.05) is 0 Å². The van der Waals surface area contributed by atoms with Gasteiger partial charge in [0.2, 0.25) is 0 Å². The first-order chi connectivity index (χ1) is 26.4. The smallest absolute Gasteiger partial charge is 0.00174 e. The standard InChI is InChI=1S/C54H42/c1-33(2)45-31-51(49-29-39-21-13-11-19-37(39)27-47(49)35-15-7-5-8-16-35)43-26-24-42-46(34(3)4)32-52(44-25-23-41(45)53(43)54(42)44)50-30-40-22-14-12-20-38(40)28-48(50)36-17-9-6-10-18-36/h5-34H,1-4H3. The zero-order valence-corrected chi connectivity index (χ0v) is 31.3. The summed E-state index contributed by atoms with van der Waals surface area (Å²) in [7, 11) is 0. The lowest BCUT2D eigenvalue weighted by atomic mass is 9.79. The Balaban J connectivity index is 1.36. The van der Waals surface area contributed by atoms with E-state index in [1.54, 1.807) is 0 Å². The molecule has 10 aromatic rings. The second kappa shape index (κ2) is 12.7. The molecule has 0 heteroatoms. The zero-order valence-electron chi connectivity index (χ0n) is 31.3. The minimum absolute atomic E-state index is 0.350. The molecular formula is C54H42. The normalized spacial score (nSPS) is 12.0. The fourth-order valence-electron chi connectivity index (χ4n) is 9.09. The minimum atomic E-state index is 0.350. The van der Waals surface area contributed by atoms with Crippen molar-refractivity contribution in [1.82, 2.24) is 0 Å². The largest absolute Gasteiger partial charge is 0.0622 e. The lowest BCUT2D eigenvalue weighted by Crippen LogP contribution is -1.99. The second-order valence-electron chi connectivity index (χ2n) is 15.6. The topological polar surface area (TPSA) is 0 Å². The first-order valence-electron chi connectivity index (χ1n) is 19.4. The van der Waals surface area contributed by atoms with Crippen molar-refractivity contribution in [2.75, 3.05) is 0 Å². The van der Waals surface area contributed by atoms with E-state index in [0.29, 0.717) is 11.8 Å². The fraction of sp³-hybridized carbons (Fsp3) is 0.111. The van der Waals surface area contributed by atoms with Gasteiger partial charge in [0.15, 0.2) is 0 Å². The molecule has 0 nitrogen and oxygen atoms in total. The van der Waals surface area contributed by atoms with Crippen LogP contribution in [-0.4, -0.2) is 0 Å². The molecule has 0 aromatic heterocycles. The summed E-state index contributed by atoms with van der Waals surface area (Å²) < 4.78 is 0. The number of hydrogen-bond acceptors (Lipinski definition) is 0. The van der Waals surface area contributed by atoms with Crippen LogP contribution in [-0.2, 0) is 0 Å². The molecule has 0 spiro atoms. The highest BCUT2D eigenvalue weighted by atomic mass is 14.3. The van der Waals surface area contributed by atoms with Crippen molar-refractivity contribution in [3.05, 3.63) is 181 Å². The van der Waals surface area contributed by atoms with Gasteiger partial charge in [-0.15, -0.1) is 0 Å². The predicted octanol–water partition coefficient (Wildman–Crippen LogP) is 15.8. The second-order valence-corrected chi connectivity index (χ2v) is 15.6. The summed E-state index contributed by atoms with van der Waals surface area (Å²) in [6.07, 6.45) is 0. The van der Waals surface area contributed by atoms with Crippen molar-refractivity contribution < 1.29 is 0 Å². The summed E-state index contributed by atoms with van der Waals surface area (Å²) in [5.41, 5.74) is 13.0. The molecule has 258 valence electrons. The van der Waals surface area contributed by atoms with Crippen LogP contribution in [0.25, 0.3) is 98.4 Å². The van der Waals surface area contributed by atoms with Gasteiger partial charge in [-0.3, -0.25) is 0 Å². The monoisotopic (exact) mass is 690 g/mol. The van der Waals surface area contributed by atoms with Crippen LogP contribution >= 0.6 is 0 Å². The molecule has 0 heterocycles. The van der Waals surface area contributed by atoms with Gasteiger partial charge in [0.25, 0.3) is 0 Å². The van der Waals surface area contributed by atoms with Gasteiger partial charge < -0.3 is 0 Å². The first kappa shape index (κ1) is 32.4. The van der Waals surface area contributed by atoms with E-state index >= 15 is 0 Å². The predicted molar refractivity (Wildman–Crippen MR) is 235 cm³/mol. The Morgan fingerprint density at radius 2 is 0.593 bits per heavy atom. The maximum Gasteiger partial charge on any atom is -0.00174 e. The van der Waals surface area contributed by atoms with Crippen LogP contribution < -0.4 is 0 Å². The van der Waals surface area contributed by atoms with Gasteiger partial charge in [0.05, 0.1) is 0 Å². The Kier molecular flexibility index (Phi) is 7.63. The van der Waals surface area contributed by atoms with Crippen LogP contribution in [0.5, 0.6) is 0 Å². The molecule has 10 rings (SSSR count). The minimum Gasteiger partial charge on any atom is -0.0622 e. The summed E-state index contributed by atoms with van der Waals surface area (Å²) in [6, 6.07) is 63.8.